The molecule has 0 aromatic carbocycles. The molecule has 0 saturated carbocycles. The van der Waals surface area contributed by atoms with E-state index in [-0.39, 0.29) is 70.5 Å². The van der Waals surface area contributed by atoms with E-state index in [1.165, 1.54) is 27.7 Å². The standard InChI is InChI=1S/4C6H8O4.Ti/c4*1-4(7)2-5(8)3-6(9)10;/h4*2-3H2,1H3,(H,9,10);/q;;;;+4/p-4. The van der Waals surface area contributed by atoms with Gasteiger partial charge in [-0.3, -0.25) is 38.4 Å². The Balaban J connectivity index is -0.000000139. The van der Waals surface area contributed by atoms with Gasteiger partial charge in [0.1, 0.15) is 46.3 Å². The molecule has 0 saturated heterocycles. The number of carbonyl (C=O) groups is 12. The van der Waals surface area contributed by atoms with E-state index in [1.807, 2.05) is 0 Å². The molecule has 0 aliphatic carbocycles. The normalized spacial score (nSPS) is 8.68. The largest absolute Gasteiger partial charge is 4.00 e. The van der Waals surface area contributed by atoms with Gasteiger partial charge in [-0.05, 0) is 27.7 Å². The van der Waals surface area contributed by atoms with Crippen LogP contribution in [0.1, 0.15) is 79.1 Å². The first-order valence-corrected chi connectivity index (χ1v) is 10.9. The van der Waals surface area contributed by atoms with E-state index < -0.39 is 72.7 Å². The molecule has 17 heteroatoms. The van der Waals surface area contributed by atoms with Crippen LogP contribution in [0.2, 0.25) is 0 Å². The molecule has 0 bridgehead atoms. The average molecular weight is 620 g/mol. The van der Waals surface area contributed by atoms with Crippen molar-refractivity contribution in [2.75, 3.05) is 0 Å². The molecule has 0 amide bonds. The quantitative estimate of drug-likeness (QED) is 0.115. The summed E-state index contributed by atoms with van der Waals surface area (Å²) in [6, 6.07) is 0. The predicted molar refractivity (Wildman–Crippen MR) is 120 cm³/mol. The molecule has 0 aliphatic heterocycles. The van der Waals surface area contributed by atoms with Gasteiger partial charge in [-0.2, -0.15) is 0 Å². The number of hydrogen-bond donors (Lipinski definition) is 0. The first kappa shape index (κ1) is 46.8. The molecule has 0 atom stereocenters. The number of aliphatic carboxylic acids is 4. The van der Waals surface area contributed by atoms with Gasteiger partial charge in [-0.1, -0.05) is 0 Å². The van der Waals surface area contributed by atoms with Gasteiger partial charge in [-0.15, -0.1) is 0 Å². The number of hydrogen-bond acceptors (Lipinski definition) is 16. The Hall–Kier alpha value is -4.05. The maximum Gasteiger partial charge on any atom is 4.00 e. The molecule has 0 aromatic heterocycles. The van der Waals surface area contributed by atoms with Crippen LogP contribution in [-0.2, 0) is 79.3 Å². The van der Waals surface area contributed by atoms with Crippen LogP contribution in [0, 0.1) is 0 Å². The van der Waals surface area contributed by atoms with Gasteiger partial charge in [0.05, 0.1) is 25.7 Å². The molecule has 0 spiro atoms. The second-order valence-corrected chi connectivity index (χ2v) is 7.87. The van der Waals surface area contributed by atoms with Crippen LogP contribution in [-0.4, -0.2) is 70.1 Å². The van der Waals surface area contributed by atoms with E-state index in [0.29, 0.717) is 0 Å². The minimum absolute atomic E-state index is 0. The molecule has 0 radical (unpaired) electrons. The summed E-state index contributed by atoms with van der Waals surface area (Å²) in [7, 11) is 0. The van der Waals surface area contributed by atoms with Gasteiger partial charge in [-0.25, -0.2) is 0 Å². The second kappa shape index (κ2) is 27.5. The van der Waals surface area contributed by atoms with Crippen molar-refractivity contribution in [2.24, 2.45) is 0 Å². The minimum Gasteiger partial charge on any atom is -0.550 e. The van der Waals surface area contributed by atoms with Gasteiger partial charge < -0.3 is 39.6 Å². The molecule has 0 heterocycles. The van der Waals surface area contributed by atoms with E-state index in [4.69, 9.17) is 0 Å². The van der Waals surface area contributed by atoms with E-state index in [9.17, 15) is 78.0 Å². The van der Waals surface area contributed by atoms with Crippen molar-refractivity contribution in [3.63, 3.8) is 0 Å². The maximum absolute atomic E-state index is 10.4. The van der Waals surface area contributed by atoms with Crippen LogP contribution in [0.3, 0.4) is 0 Å². The zero-order valence-corrected chi connectivity index (χ0v) is 24.3. The van der Waals surface area contributed by atoms with Gasteiger partial charge in [0.25, 0.3) is 0 Å². The molecule has 0 rings (SSSR count). The molecule has 0 N–H and O–H groups in total. The Morgan fingerprint density at radius 2 is 0.439 bits per heavy atom. The number of rotatable bonds is 16. The van der Waals surface area contributed by atoms with Crippen molar-refractivity contribution >= 4 is 70.1 Å². The topological polar surface area (TPSA) is 297 Å². The van der Waals surface area contributed by atoms with E-state index >= 15 is 0 Å². The Kier molecular flexibility index (Phi) is 31.4. The Morgan fingerprint density at radius 1 is 0.317 bits per heavy atom. The summed E-state index contributed by atoms with van der Waals surface area (Å²) < 4.78 is 0. The van der Waals surface area contributed by atoms with Gasteiger partial charge in [0.2, 0.25) is 0 Å². The second-order valence-electron chi connectivity index (χ2n) is 7.87. The van der Waals surface area contributed by atoms with Crippen LogP contribution in [0.5, 0.6) is 0 Å². The van der Waals surface area contributed by atoms with Crippen molar-refractivity contribution in [1.82, 2.24) is 0 Å². The fourth-order valence-electron chi connectivity index (χ4n) is 2.00. The zero-order valence-electron chi connectivity index (χ0n) is 22.7. The van der Waals surface area contributed by atoms with Crippen LogP contribution in [0.4, 0.5) is 0 Å². The van der Waals surface area contributed by atoms with Crippen molar-refractivity contribution in [3.8, 4) is 0 Å². The van der Waals surface area contributed by atoms with Crippen LogP contribution in [0.25, 0.3) is 0 Å². The van der Waals surface area contributed by atoms with Crippen LogP contribution >= 0.6 is 0 Å². The molecule has 41 heavy (non-hydrogen) atoms. The third-order valence-electron chi connectivity index (χ3n) is 3.15. The minimum atomic E-state index is -1.44. The van der Waals surface area contributed by atoms with Crippen LogP contribution < -0.4 is 20.4 Å². The van der Waals surface area contributed by atoms with Crippen molar-refractivity contribution < 1.29 is 99.7 Å². The van der Waals surface area contributed by atoms with E-state index in [0.717, 1.165) is 0 Å². The molecule has 16 nitrogen and oxygen atoms in total. The summed E-state index contributed by atoms with van der Waals surface area (Å²) in [4.78, 5) is 121. The number of carboxylic acids is 4. The smallest absolute Gasteiger partial charge is 0.550 e. The SMILES string of the molecule is CC(=O)CC(=O)CC(=O)[O-].CC(=O)CC(=O)CC(=O)[O-].CC(=O)CC(=O)CC(=O)[O-].CC(=O)CC(=O)CC(=O)[O-].[Ti+4]. The fraction of sp³-hybridized carbons (Fsp3) is 0.500. The molecular formula is C24H28O16Ti. The van der Waals surface area contributed by atoms with Crippen LogP contribution in [0.15, 0.2) is 0 Å². The van der Waals surface area contributed by atoms with Gasteiger partial charge in [0, 0.05) is 49.6 Å². The molecule has 224 valence electrons. The summed E-state index contributed by atoms with van der Waals surface area (Å²) in [6.07, 6.45) is -3.91. The van der Waals surface area contributed by atoms with Crippen molar-refractivity contribution in [2.45, 2.75) is 79.1 Å². The Morgan fingerprint density at radius 3 is 0.512 bits per heavy atom. The van der Waals surface area contributed by atoms with E-state index in [2.05, 4.69) is 0 Å². The summed E-state index contributed by atoms with van der Waals surface area (Å²) in [5.74, 6) is -9.48. The summed E-state index contributed by atoms with van der Waals surface area (Å²) >= 11 is 0. The number of carbonyl (C=O) groups excluding carboxylic acids is 12. The maximum atomic E-state index is 10.4. The first-order chi connectivity index (χ1) is 18.1. The number of Topliss-reactive ketones (excluding diaryl/α,β-unsaturated/α-hetero) is 8. The van der Waals surface area contributed by atoms with Crippen molar-refractivity contribution in [3.05, 3.63) is 0 Å². The Bertz CT molecular complexity index is 777. The third-order valence-corrected chi connectivity index (χ3v) is 3.15. The van der Waals surface area contributed by atoms with Gasteiger partial charge >= 0.3 is 21.7 Å². The molecule has 0 fully saturated rings. The zero-order chi connectivity index (χ0) is 32.6. The fourth-order valence-corrected chi connectivity index (χ4v) is 2.00. The number of carboxylic acid groups (broad SMARTS) is 4. The molecular weight excluding hydrogens is 592 g/mol. The predicted octanol–water partition coefficient (Wildman–Crippen LogP) is -5.30. The summed E-state index contributed by atoms with van der Waals surface area (Å²) in [5, 5.41) is 39.0. The third kappa shape index (κ3) is 53.0. The summed E-state index contributed by atoms with van der Waals surface area (Å²) in [6.45, 7) is 4.92. The molecule has 0 unspecified atom stereocenters. The van der Waals surface area contributed by atoms with E-state index in [1.54, 1.807) is 0 Å². The molecule has 0 aliphatic rings. The van der Waals surface area contributed by atoms with Crippen molar-refractivity contribution in [1.29, 1.82) is 0 Å². The Labute approximate surface area is 248 Å². The average Bonchev–Trinajstić information content (AvgIpc) is 2.63. The molecule has 0 aromatic rings. The monoisotopic (exact) mass is 620 g/mol. The first-order valence-electron chi connectivity index (χ1n) is 10.9. The summed E-state index contributed by atoms with van der Waals surface area (Å²) in [5.41, 5.74) is 0. The van der Waals surface area contributed by atoms with Gasteiger partial charge in [0.15, 0.2) is 0 Å². The number of ketones is 8.